The van der Waals surface area contributed by atoms with E-state index in [1.807, 2.05) is 6.07 Å². The third-order valence-electron chi connectivity index (χ3n) is 4.69. The molecule has 0 spiro atoms. The first-order chi connectivity index (χ1) is 16.3. The van der Waals surface area contributed by atoms with Gasteiger partial charge in [-0.3, -0.25) is 4.79 Å². The van der Waals surface area contributed by atoms with Gasteiger partial charge in [0, 0.05) is 25.8 Å². The number of hydrogen-bond donors (Lipinski definition) is 1. The van der Waals surface area contributed by atoms with Gasteiger partial charge in [0.2, 0.25) is 0 Å². The first kappa shape index (κ1) is 25.4. The summed E-state index contributed by atoms with van der Waals surface area (Å²) in [7, 11) is 3.06. The molecule has 0 saturated carbocycles. The molecule has 3 aromatic carbocycles. The lowest BCUT2D eigenvalue weighted by atomic mass is 10.1. The Hall–Kier alpha value is -3.18. The van der Waals surface area contributed by atoms with Crippen LogP contribution in [0.1, 0.15) is 11.1 Å². The fourth-order valence-corrected chi connectivity index (χ4v) is 3.80. The van der Waals surface area contributed by atoms with Gasteiger partial charge in [0.15, 0.2) is 11.5 Å². The molecule has 9 heteroatoms. The first-order valence-electron chi connectivity index (χ1n) is 9.86. The Morgan fingerprint density at radius 2 is 1.79 bits per heavy atom. The van der Waals surface area contributed by atoms with E-state index in [9.17, 15) is 10.1 Å². The number of halogens is 3. The number of hydrogen-bond acceptors (Lipinski definition) is 5. The summed E-state index contributed by atoms with van der Waals surface area (Å²) in [5.74, 6) is 0.994. The summed E-state index contributed by atoms with van der Waals surface area (Å²) >= 11 is 15.6. The van der Waals surface area contributed by atoms with Crippen molar-refractivity contribution in [2.45, 2.75) is 6.61 Å². The Morgan fingerprint density at radius 1 is 1.06 bits per heavy atom. The third kappa shape index (κ3) is 6.45. The molecular formula is C25H19BrCl2N2O4. The molecule has 0 aromatic heterocycles. The highest BCUT2D eigenvalue weighted by Crippen LogP contribution is 2.35. The molecule has 0 unspecified atom stereocenters. The Balaban J connectivity index is 1.80. The van der Waals surface area contributed by atoms with Gasteiger partial charge >= 0.3 is 0 Å². The van der Waals surface area contributed by atoms with Gasteiger partial charge in [0.05, 0.1) is 14.2 Å². The van der Waals surface area contributed by atoms with Crippen LogP contribution in [0.2, 0.25) is 10.0 Å². The fraction of sp³-hybridized carbons (Fsp3) is 0.120. The van der Waals surface area contributed by atoms with E-state index in [0.29, 0.717) is 43.0 Å². The van der Waals surface area contributed by atoms with Crippen molar-refractivity contribution in [3.8, 4) is 23.3 Å². The Bertz CT molecular complexity index is 1270. The van der Waals surface area contributed by atoms with Crippen molar-refractivity contribution in [2.24, 2.45) is 0 Å². The minimum atomic E-state index is -0.545. The minimum Gasteiger partial charge on any atom is -0.497 e. The summed E-state index contributed by atoms with van der Waals surface area (Å²) < 4.78 is 17.0. The molecule has 3 aromatic rings. The Labute approximate surface area is 215 Å². The van der Waals surface area contributed by atoms with Crippen LogP contribution in [0, 0.1) is 11.3 Å². The predicted molar refractivity (Wildman–Crippen MR) is 137 cm³/mol. The van der Waals surface area contributed by atoms with Crippen molar-refractivity contribution >= 4 is 56.8 Å². The van der Waals surface area contributed by atoms with Gasteiger partial charge in [-0.2, -0.15) is 5.26 Å². The van der Waals surface area contributed by atoms with Gasteiger partial charge < -0.3 is 19.5 Å². The van der Waals surface area contributed by atoms with E-state index in [-0.39, 0.29) is 12.2 Å². The lowest BCUT2D eigenvalue weighted by Crippen LogP contribution is -2.13. The standard InChI is InChI=1S/C25H19BrCl2N2O4/c1-32-20-7-5-19(6-8-20)30-25(31)17(13-29)9-16-10-23(33-2)24(12-21(16)26)34-14-15-3-4-18(27)11-22(15)28/h3-12H,14H2,1-2H3,(H,30,31)/b17-9+. The molecule has 6 nitrogen and oxygen atoms in total. The van der Waals surface area contributed by atoms with Gasteiger partial charge in [0.1, 0.15) is 24.0 Å². The van der Waals surface area contributed by atoms with Crippen LogP contribution >= 0.6 is 39.1 Å². The number of amides is 1. The van der Waals surface area contributed by atoms with Crippen LogP contribution in [-0.4, -0.2) is 20.1 Å². The van der Waals surface area contributed by atoms with Crippen LogP contribution in [0.15, 0.2) is 64.6 Å². The van der Waals surface area contributed by atoms with Gasteiger partial charge in [-0.1, -0.05) is 45.2 Å². The summed E-state index contributed by atoms with van der Waals surface area (Å²) in [5, 5.41) is 13.3. The summed E-state index contributed by atoms with van der Waals surface area (Å²) in [5.41, 5.74) is 1.78. The van der Waals surface area contributed by atoms with Crippen molar-refractivity contribution in [2.75, 3.05) is 19.5 Å². The molecule has 0 bridgehead atoms. The number of ether oxygens (including phenoxy) is 3. The number of carbonyl (C=O) groups is 1. The number of nitrogens with one attached hydrogen (secondary N) is 1. The summed E-state index contributed by atoms with van der Waals surface area (Å²) in [6, 6.07) is 17.2. The maximum absolute atomic E-state index is 12.6. The normalized spacial score (nSPS) is 10.9. The second-order valence-corrected chi connectivity index (χ2v) is 8.60. The fourth-order valence-electron chi connectivity index (χ4n) is 2.90. The maximum atomic E-state index is 12.6. The molecule has 0 saturated heterocycles. The molecular weight excluding hydrogens is 543 g/mol. The second-order valence-electron chi connectivity index (χ2n) is 6.90. The molecule has 0 heterocycles. The zero-order chi connectivity index (χ0) is 24.7. The monoisotopic (exact) mass is 560 g/mol. The van der Waals surface area contributed by atoms with Crippen LogP contribution in [-0.2, 0) is 11.4 Å². The van der Waals surface area contributed by atoms with Gasteiger partial charge in [-0.05, 0) is 60.2 Å². The Morgan fingerprint density at radius 3 is 2.41 bits per heavy atom. The van der Waals surface area contributed by atoms with Crippen molar-refractivity contribution < 1.29 is 19.0 Å². The molecule has 1 N–H and O–H groups in total. The molecule has 0 atom stereocenters. The van der Waals surface area contributed by atoms with E-state index in [2.05, 4.69) is 21.2 Å². The number of rotatable bonds is 8. The molecule has 34 heavy (non-hydrogen) atoms. The van der Waals surface area contributed by atoms with Gasteiger partial charge in [0.25, 0.3) is 5.91 Å². The molecule has 0 fully saturated rings. The molecule has 0 aliphatic rings. The van der Waals surface area contributed by atoms with Crippen molar-refractivity contribution in [3.63, 3.8) is 0 Å². The van der Waals surface area contributed by atoms with E-state index in [0.717, 1.165) is 5.56 Å². The predicted octanol–water partition coefficient (Wildman–Crippen LogP) is 6.90. The van der Waals surface area contributed by atoms with E-state index < -0.39 is 5.91 Å². The highest BCUT2D eigenvalue weighted by molar-refractivity contribution is 9.10. The zero-order valence-electron chi connectivity index (χ0n) is 18.2. The number of benzene rings is 3. The summed E-state index contributed by atoms with van der Waals surface area (Å²) in [6.07, 6.45) is 1.46. The quantitative estimate of drug-likeness (QED) is 0.239. The average molecular weight is 562 g/mol. The second kappa shape index (κ2) is 11.8. The third-order valence-corrected chi connectivity index (χ3v) is 5.97. The summed E-state index contributed by atoms with van der Waals surface area (Å²) in [6.45, 7) is 0.196. The molecule has 174 valence electrons. The smallest absolute Gasteiger partial charge is 0.266 e. The molecule has 0 aliphatic carbocycles. The molecule has 3 rings (SSSR count). The zero-order valence-corrected chi connectivity index (χ0v) is 21.3. The molecule has 0 radical (unpaired) electrons. The first-order valence-corrected chi connectivity index (χ1v) is 11.4. The van der Waals surface area contributed by atoms with Crippen molar-refractivity contribution in [3.05, 3.63) is 85.8 Å². The largest absolute Gasteiger partial charge is 0.497 e. The number of nitrogens with zero attached hydrogens (tertiary/aromatic N) is 1. The van der Waals surface area contributed by atoms with Crippen LogP contribution in [0.3, 0.4) is 0 Å². The van der Waals surface area contributed by atoms with Gasteiger partial charge in [-0.15, -0.1) is 0 Å². The van der Waals surface area contributed by atoms with Crippen molar-refractivity contribution in [1.29, 1.82) is 5.26 Å². The van der Waals surface area contributed by atoms with Crippen molar-refractivity contribution in [1.82, 2.24) is 0 Å². The highest BCUT2D eigenvalue weighted by atomic mass is 79.9. The maximum Gasteiger partial charge on any atom is 0.266 e. The molecule has 0 aliphatic heterocycles. The van der Waals surface area contributed by atoms with Crippen LogP contribution in [0.25, 0.3) is 6.08 Å². The van der Waals surface area contributed by atoms with Crippen LogP contribution in [0.5, 0.6) is 17.2 Å². The lowest BCUT2D eigenvalue weighted by molar-refractivity contribution is -0.112. The highest BCUT2D eigenvalue weighted by Gasteiger charge is 2.14. The Kier molecular flexibility index (Phi) is 8.83. The van der Waals surface area contributed by atoms with E-state index in [1.54, 1.807) is 61.7 Å². The minimum absolute atomic E-state index is 0.0832. The molecule has 1 amide bonds. The SMILES string of the molecule is COc1ccc(NC(=O)/C(C#N)=C/c2cc(OC)c(OCc3ccc(Cl)cc3Cl)cc2Br)cc1. The average Bonchev–Trinajstić information content (AvgIpc) is 2.83. The number of methoxy groups -OCH3 is 2. The summed E-state index contributed by atoms with van der Waals surface area (Å²) in [4.78, 5) is 12.6. The van der Waals surface area contributed by atoms with Gasteiger partial charge in [-0.25, -0.2) is 0 Å². The lowest BCUT2D eigenvalue weighted by Gasteiger charge is -2.14. The van der Waals surface area contributed by atoms with E-state index in [4.69, 9.17) is 37.4 Å². The number of anilines is 1. The number of carbonyl (C=O) groups excluding carboxylic acids is 1. The van der Waals surface area contributed by atoms with Crippen LogP contribution in [0.4, 0.5) is 5.69 Å². The van der Waals surface area contributed by atoms with E-state index in [1.165, 1.54) is 13.2 Å². The number of nitriles is 1. The van der Waals surface area contributed by atoms with Crippen LogP contribution < -0.4 is 19.5 Å². The van der Waals surface area contributed by atoms with E-state index >= 15 is 0 Å². The topological polar surface area (TPSA) is 80.6 Å².